The molecule has 0 fully saturated rings. The highest BCUT2D eigenvalue weighted by atomic mass is 16.5. The largest absolute Gasteiger partial charge is 0.361 e. The molecule has 92 valence electrons. The molecule has 0 spiro atoms. The Labute approximate surface area is 102 Å². The van der Waals surface area contributed by atoms with Crippen molar-refractivity contribution in [2.24, 2.45) is 7.05 Å². The van der Waals surface area contributed by atoms with Crippen molar-refractivity contribution in [1.29, 1.82) is 0 Å². The predicted octanol–water partition coefficient (Wildman–Crippen LogP) is 2.23. The third-order valence-electron chi connectivity index (χ3n) is 3.18. The molecule has 0 aromatic carbocycles. The second-order valence-electron chi connectivity index (χ2n) is 4.49. The molecule has 0 saturated heterocycles. The minimum Gasteiger partial charge on any atom is -0.361 e. The van der Waals surface area contributed by atoms with Gasteiger partial charge in [-0.2, -0.15) is 0 Å². The molecule has 2 rings (SSSR count). The highest BCUT2D eigenvalue weighted by Crippen LogP contribution is 2.13. The van der Waals surface area contributed by atoms with Crippen LogP contribution in [0.3, 0.4) is 0 Å². The molecule has 0 aliphatic heterocycles. The quantitative estimate of drug-likeness (QED) is 0.880. The maximum atomic E-state index is 5.02. The van der Waals surface area contributed by atoms with E-state index in [0.717, 1.165) is 24.5 Å². The number of hydrogen-bond acceptors (Lipinski definition) is 3. The van der Waals surface area contributed by atoms with Crippen molar-refractivity contribution in [3.63, 3.8) is 0 Å². The van der Waals surface area contributed by atoms with E-state index >= 15 is 0 Å². The molecule has 1 N–H and O–H groups in total. The molecule has 0 bridgehead atoms. The highest BCUT2D eigenvalue weighted by Gasteiger charge is 2.06. The first-order valence-electron chi connectivity index (χ1n) is 5.82. The zero-order valence-corrected chi connectivity index (χ0v) is 10.9. The van der Waals surface area contributed by atoms with Crippen molar-refractivity contribution in [2.75, 3.05) is 0 Å². The minimum absolute atomic E-state index is 0.741. The molecule has 4 heteroatoms. The van der Waals surface area contributed by atoms with Gasteiger partial charge in [0.05, 0.1) is 5.69 Å². The smallest absolute Gasteiger partial charge is 0.133 e. The Hall–Kier alpha value is -1.55. The Morgan fingerprint density at radius 2 is 2.00 bits per heavy atom. The van der Waals surface area contributed by atoms with Crippen LogP contribution in [0.15, 0.2) is 16.7 Å². The average molecular weight is 233 g/mol. The standard InChI is InChI=1S/C13H19N3O/c1-9-5-12(11(3)16(9)4)7-14-8-13-6-10(2)17-15-13/h5-6,14H,7-8H2,1-4H3. The first-order valence-corrected chi connectivity index (χ1v) is 5.82. The fourth-order valence-electron chi connectivity index (χ4n) is 1.94. The first kappa shape index (κ1) is 11.9. The van der Waals surface area contributed by atoms with Crippen LogP contribution in [-0.4, -0.2) is 9.72 Å². The molecule has 0 saturated carbocycles. The van der Waals surface area contributed by atoms with Crippen LogP contribution in [0, 0.1) is 20.8 Å². The SMILES string of the molecule is Cc1cc(CNCc2cc(C)n(C)c2C)no1. The van der Waals surface area contributed by atoms with Gasteiger partial charge in [-0.05, 0) is 32.4 Å². The van der Waals surface area contributed by atoms with Crippen molar-refractivity contribution >= 4 is 0 Å². The van der Waals surface area contributed by atoms with Crippen molar-refractivity contribution < 1.29 is 4.52 Å². The molecule has 17 heavy (non-hydrogen) atoms. The summed E-state index contributed by atoms with van der Waals surface area (Å²) < 4.78 is 7.23. The zero-order valence-electron chi connectivity index (χ0n) is 10.9. The number of rotatable bonds is 4. The molecule has 2 aromatic heterocycles. The Bertz CT molecular complexity index is 511. The minimum atomic E-state index is 0.741. The summed E-state index contributed by atoms with van der Waals surface area (Å²) in [5.74, 6) is 0.855. The Morgan fingerprint density at radius 1 is 1.24 bits per heavy atom. The van der Waals surface area contributed by atoms with Gasteiger partial charge in [-0.3, -0.25) is 0 Å². The fourth-order valence-corrected chi connectivity index (χ4v) is 1.94. The Balaban J connectivity index is 1.92. The van der Waals surface area contributed by atoms with Gasteiger partial charge in [0.1, 0.15) is 5.76 Å². The normalized spacial score (nSPS) is 11.1. The summed E-state index contributed by atoms with van der Waals surface area (Å²) in [6, 6.07) is 4.17. The van der Waals surface area contributed by atoms with Crippen LogP contribution in [0.4, 0.5) is 0 Å². The molecule has 2 heterocycles. The van der Waals surface area contributed by atoms with E-state index in [-0.39, 0.29) is 0 Å². The molecule has 2 aromatic rings. The van der Waals surface area contributed by atoms with Crippen molar-refractivity contribution in [3.8, 4) is 0 Å². The van der Waals surface area contributed by atoms with Crippen LogP contribution in [0.25, 0.3) is 0 Å². The summed E-state index contributed by atoms with van der Waals surface area (Å²) in [5, 5.41) is 7.33. The third kappa shape index (κ3) is 2.58. The number of aryl methyl sites for hydroxylation is 2. The molecule has 0 amide bonds. The van der Waals surface area contributed by atoms with E-state index in [2.05, 4.69) is 42.0 Å². The van der Waals surface area contributed by atoms with Crippen LogP contribution >= 0.6 is 0 Å². The van der Waals surface area contributed by atoms with E-state index in [4.69, 9.17) is 4.52 Å². The zero-order chi connectivity index (χ0) is 12.4. The van der Waals surface area contributed by atoms with Crippen LogP contribution < -0.4 is 5.32 Å². The van der Waals surface area contributed by atoms with Gasteiger partial charge in [0.2, 0.25) is 0 Å². The van der Waals surface area contributed by atoms with Gasteiger partial charge in [0.25, 0.3) is 0 Å². The van der Waals surface area contributed by atoms with Gasteiger partial charge in [-0.15, -0.1) is 0 Å². The lowest BCUT2D eigenvalue weighted by molar-refractivity contribution is 0.388. The van der Waals surface area contributed by atoms with Crippen molar-refractivity contribution in [1.82, 2.24) is 15.0 Å². The maximum Gasteiger partial charge on any atom is 0.133 e. The monoisotopic (exact) mass is 233 g/mol. The van der Waals surface area contributed by atoms with Crippen LogP contribution in [0.5, 0.6) is 0 Å². The van der Waals surface area contributed by atoms with E-state index in [1.807, 2.05) is 13.0 Å². The fraction of sp³-hybridized carbons (Fsp3) is 0.462. The molecule has 0 atom stereocenters. The number of aromatic nitrogens is 2. The lowest BCUT2D eigenvalue weighted by Crippen LogP contribution is -2.13. The maximum absolute atomic E-state index is 5.02. The molecule has 0 aliphatic carbocycles. The van der Waals surface area contributed by atoms with Gasteiger partial charge in [-0.25, -0.2) is 0 Å². The van der Waals surface area contributed by atoms with E-state index < -0.39 is 0 Å². The second-order valence-corrected chi connectivity index (χ2v) is 4.49. The van der Waals surface area contributed by atoms with Crippen LogP contribution in [-0.2, 0) is 20.1 Å². The van der Waals surface area contributed by atoms with Crippen molar-refractivity contribution in [3.05, 3.63) is 40.5 Å². The topological polar surface area (TPSA) is 43.0 Å². The number of hydrogen-bond donors (Lipinski definition) is 1. The predicted molar refractivity (Wildman–Crippen MR) is 66.7 cm³/mol. The highest BCUT2D eigenvalue weighted by molar-refractivity contribution is 5.26. The lowest BCUT2D eigenvalue weighted by Gasteiger charge is -2.03. The van der Waals surface area contributed by atoms with Gasteiger partial charge < -0.3 is 14.4 Å². The molecular weight excluding hydrogens is 214 g/mol. The molecule has 0 aliphatic rings. The summed E-state index contributed by atoms with van der Waals surface area (Å²) in [5.41, 5.74) is 4.89. The van der Waals surface area contributed by atoms with E-state index in [9.17, 15) is 0 Å². The molecule has 0 radical (unpaired) electrons. The molecule has 0 unspecified atom stereocenters. The Morgan fingerprint density at radius 3 is 2.53 bits per heavy atom. The van der Waals surface area contributed by atoms with Gasteiger partial charge >= 0.3 is 0 Å². The van der Waals surface area contributed by atoms with Gasteiger partial charge in [0.15, 0.2) is 0 Å². The summed E-state index contributed by atoms with van der Waals surface area (Å²) >= 11 is 0. The summed E-state index contributed by atoms with van der Waals surface area (Å²) in [6.07, 6.45) is 0. The van der Waals surface area contributed by atoms with Crippen LogP contribution in [0.1, 0.15) is 28.4 Å². The Kier molecular flexibility index (Phi) is 3.33. The summed E-state index contributed by atoms with van der Waals surface area (Å²) in [4.78, 5) is 0. The average Bonchev–Trinajstić information content (AvgIpc) is 2.80. The lowest BCUT2D eigenvalue weighted by atomic mass is 10.2. The summed E-state index contributed by atoms with van der Waals surface area (Å²) in [6.45, 7) is 7.77. The molecule has 4 nitrogen and oxygen atoms in total. The number of nitrogens with zero attached hydrogens (tertiary/aromatic N) is 2. The summed E-state index contributed by atoms with van der Waals surface area (Å²) in [7, 11) is 2.09. The van der Waals surface area contributed by atoms with E-state index in [1.165, 1.54) is 17.0 Å². The third-order valence-corrected chi connectivity index (χ3v) is 3.18. The molecular formula is C13H19N3O. The van der Waals surface area contributed by atoms with E-state index in [1.54, 1.807) is 0 Å². The van der Waals surface area contributed by atoms with E-state index in [0.29, 0.717) is 0 Å². The van der Waals surface area contributed by atoms with Crippen LogP contribution in [0.2, 0.25) is 0 Å². The van der Waals surface area contributed by atoms with Gasteiger partial charge in [0, 0.05) is 37.6 Å². The van der Waals surface area contributed by atoms with Crippen molar-refractivity contribution in [2.45, 2.75) is 33.9 Å². The second kappa shape index (κ2) is 4.75. The number of nitrogens with one attached hydrogen (secondary N) is 1. The first-order chi connectivity index (χ1) is 8.08. The van der Waals surface area contributed by atoms with Gasteiger partial charge in [-0.1, -0.05) is 5.16 Å².